The normalized spacial score (nSPS) is 15.2. The van der Waals surface area contributed by atoms with E-state index < -0.39 is 5.82 Å². The highest BCUT2D eigenvalue weighted by Gasteiger charge is 2.27. The molecule has 1 aromatic carbocycles. The van der Waals surface area contributed by atoms with Crippen molar-refractivity contribution in [3.63, 3.8) is 0 Å². The number of nitrogens with zero attached hydrogens (tertiary/aromatic N) is 2. The molecule has 2 aromatic rings. The topological polar surface area (TPSA) is 43.8 Å². The first-order valence-corrected chi connectivity index (χ1v) is 5.83. The molecule has 1 heterocycles. The Morgan fingerprint density at radius 2 is 2.18 bits per heavy atom. The molecule has 17 heavy (non-hydrogen) atoms. The fourth-order valence-electron chi connectivity index (χ4n) is 1.93. The van der Waals surface area contributed by atoms with E-state index in [1.807, 2.05) is 4.57 Å². The summed E-state index contributed by atoms with van der Waals surface area (Å²) in [6.07, 6.45) is 3.86. The van der Waals surface area contributed by atoms with E-state index in [1.165, 1.54) is 6.07 Å². The number of halogens is 2. The molecule has 0 saturated heterocycles. The first-order chi connectivity index (χ1) is 8.18. The van der Waals surface area contributed by atoms with E-state index in [1.54, 1.807) is 18.5 Å². The van der Waals surface area contributed by atoms with E-state index in [0.717, 1.165) is 12.8 Å². The first-order valence-electron chi connectivity index (χ1n) is 5.45. The zero-order chi connectivity index (χ0) is 12.0. The van der Waals surface area contributed by atoms with Gasteiger partial charge < -0.3 is 10.3 Å². The minimum Gasteiger partial charge on any atom is -0.383 e. The van der Waals surface area contributed by atoms with Crippen molar-refractivity contribution < 1.29 is 4.39 Å². The Labute approximate surface area is 103 Å². The fourth-order valence-corrected chi connectivity index (χ4v) is 2.18. The standard InChI is InChI=1S/C12H11ClFN3/c13-8-2-1-3-9(14)10(8)11-12(15)17(6-16-11)7-4-5-7/h1-3,6-7H,4-5,15H2. The number of rotatable bonds is 2. The molecule has 0 bridgehead atoms. The van der Waals surface area contributed by atoms with Crippen molar-refractivity contribution in [2.24, 2.45) is 0 Å². The van der Waals surface area contributed by atoms with E-state index in [-0.39, 0.29) is 5.56 Å². The predicted octanol–water partition coefficient (Wildman–Crippen LogP) is 3.26. The Morgan fingerprint density at radius 3 is 2.82 bits per heavy atom. The highest BCUT2D eigenvalue weighted by molar-refractivity contribution is 6.33. The minimum atomic E-state index is -0.398. The maximum Gasteiger partial charge on any atom is 0.134 e. The van der Waals surface area contributed by atoms with Crippen molar-refractivity contribution in [2.45, 2.75) is 18.9 Å². The maximum atomic E-state index is 13.8. The Balaban J connectivity index is 2.15. The van der Waals surface area contributed by atoms with Crippen molar-refractivity contribution in [1.29, 1.82) is 0 Å². The summed E-state index contributed by atoms with van der Waals surface area (Å²) in [5, 5.41) is 0.331. The number of nitrogens with two attached hydrogens (primary N) is 1. The second kappa shape index (κ2) is 3.74. The van der Waals surface area contributed by atoms with Crippen molar-refractivity contribution in [3.05, 3.63) is 35.4 Å². The number of benzene rings is 1. The van der Waals surface area contributed by atoms with Gasteiger partial charge in [-0.25, -0.2) is 9.37 Å². The average Bonchev–Trinajstić information content (AvgIpc) is 3.05. The molecule has 3 nitrogen and oxygen atoms in total. The van der Waals surface area contributed by atoms with Gasteiger partial charge in [0.2, 0.25) is 0 Å². The largest absolute Gasteiger partial charge is 0.383 e. The number of imidazole rings is 1. The van der Waals surface area contributed by atoms with Crippen molar-refractivity contribution in [2.75, 3.05) is 5.73 Å². The number of hydrogen-bond acceptors (Lipinski definition) is 2. The van der Waals surface area contributed by atoms with Crippen LogP contribution >= 0.6 is 11.6 Å². The lowest BCUT2D eigenvalue weighted by atomic mass is 10.1. The SMILES string of the molecule is Nc1c(-c2c(F)cccc2Cl)ncn1C1CC1. The van der Waals surface area contributed by atoms with Crippen LogP contribution in [-0.4, -0.2) is 9.55 Å². The van der Waals surface area contributed by atoms with Gasteiger partial charge in [0.25, 0.3) is 0 Å². The molecule has 1 fully saturated rings. The minimum absolute atomic E-state index is 0.283. The van der Waals surface area contributed by atoms with Crippen LogP contribution in [0.1, 0.15) is 18.9 Å². The Bertz CT molecular complexity index is 555. The van der Waals surface area contributed by atoms with Gasteiger partial charge in [-0.1, -0.05) is 17.7 Å². The molecule has 2 N–H and O–H groups in total. The number of nitrogen functional groups attached to an aromatic ring is 1. The highest BCUT2D eigenvalue weighted by atomic mass is 35.5. The smallest absolute Gasteiger partial charge is 0.134 e. The van der Waals surface area contributed by atoms with E-state index in [0.29, 0.717) is 22.6 Å². The van der Waals surface area contributed by atoms with Crippen molar-refractivity contribution in [1.82, 2.24) is 9.55 Å². The molecular formula is C12H11ClFN3. The molecule has 1 aliphatic carbocycles. The fraction of sp³-hybridized carbons (Fsp3) is 0.250. The van der Waals surface area contributed by atoms with E-state index >= 15 is 0 Å². The molecule has 0 aliphatic heterocycles. The van der Waals surface area contributed by atoms with Crippen molar-refractivity contribution in [3.8, 4) is 11.3 Å². The summed E-state index contributed by atoms with van der Waals surface area (Å²) < 4.78 is 15.6. The third-order valence-electron chi connectivity index (χ3n) is 2.97. The molecule has 1 aromatic heterocycles. The summed E-state index contributed by atoms with van der Waals surface area (Å²) in [5.74, 6) is 0.0877. The van der Waals surface area contributed by atoms with Gasteiger partial charge in [0.05, 0.1) is 16.9 Å². The molecule has 0 atom stereocenters. The van der Waals surface area contributed by atoms with Crippen LogP contribution in [-0.2, 0) is 0 Å². The molecule has 88 valence electrons. The van der Waals surface area contributed by atoms with Crippen LogP contribution in [0.3, 0.4) is 0 Å². The quantitative estimate of drug-likeness (QED) is 0.890. The summed E-state index contributed by atoms with van der Waals surface area (Å²) in [6, 6.07) is 4.98. The van der Waals surface area contributed by atoms with Gasteiger partial charge in [0.1, 0.15) is 17.3 Å². The van der Waals surface area contributed by atoms with Crippen LogP contribution in [0.15, 0.2) is 24.5 Å². The Morgan fingerprint density at radius 1 is 1.41 bits per heavy atom. The zero-order valence-electron chi connectivity index (χ0n) is 9.03. The monoisotopic (exact) mass is 251 g/mol. The maximum absolute atomic E-state index is 13.8. The summed E-state index contributed by atoms with van der Waals surface area (Å²) >= 11 is 6.00. The van der Waals surface area contributed by atoms with Gasteiger partial charge >= 0.3 is 0 Å². The second-order valence-corrected chi connectivity index (χ2v) is 4.62. The number of anilines is 1. The molecular weight excluding hydrogens is 241 g/mol. The number of hydrogen-bond donors (Lipinski definition) is 1. The van der Waals surface area contributed by atoms with E-state index in [9.17, 15) is 4.39 Å². The molecule has 0 unspecified atom stereocenters. The molecule has 3 rings (SSSR count). The lowest BCUT2D eigenvalue weighted by Gasteiger charge is -2.06. The molecule has 1 saturated carbocycles. The lowest BCUT2D eigenvalue weighted by Crippen LogP contribution is -2.00. The zero-order valence-corrected chi connectivity index (χ0v) is 9.78. The molecule has 1 aliphatic rings. The van der Waals surface area contributed by atoms with Gasteiger partial charge in [-0.2, -0.15) is 0 Å². The summed E-state index contributed by atoms with van der Waals surface area (Å²) in [4.78, 5) is 4.18. The van der Waals surface area contributed by atoms with Gasteiger partial charge in [-0.3, -0.25) is 0 Å². The van der Waals surface area contributed by atoms with E-state index in [2.05, 4.69) is 4.98 Å². The summed E-state index contributed by atoms with van der Waals surface area (Å²) in [6.45, 7) is 0. The summed E-state index contributed by atoms with van der Waals surface area (Å²) in [7, 11) is 0. The van der Waals surface area contributed by atoms with Crippen molar-refractivity contribution >= 4 is 17.4 Å². The van der Waals surface area contributed by atoms with Crippen LogP contribution in [0.2, 0.25) is 5.02 Å². The van der Waals surface area contributed by atoms with Gasteiger partial charge in [0.15, 0.2) is 0 Å². The van der Waals surface area contributed by atoms with Crippen LogP contribution in [0, 0.1) is 5.82 Å². The van der Waals surface area contributed by atoms with Crippen LogP contribution < -0.4 is 5.73 Å². The second-order valence-electron chi connectivity index (χ2n) is 4.21. The third-order valence-corrected chi connectivity index (χ3v) is 3.29. The van der Waals surface area contributed by atoms with Crippen LogP contribution in [0.25, 0.3) is 11.3 Å². The van der Waals surface area contributed by atoms with Gasteiger partial charge in [-0.05, 0) is 25.0 Å². The molecule has 0 radical (unpaired) electrons. The lowest BCUT2D eigenvalue weighted by molar-refractivity contribution is 0.631. The van der Waals surface area contributed by atoms with E-state index in [4.69, 9.17) is 17.3 Å². The predicted molar refractivity (Wildman–Crippen MR) is 65.3 cm³/mol. The Hall–Kier alpha value is -1.55. The highest BCUT2D eigenvalue weighted by Crippen LogP contribution is 2.40. The number of aromatic nitrogens is 2. The third kappa shape index (κ3) is 1.69. The average molecular weight is 252 g/mol. The van der Waals surface area contributed by atoms with Crippen LogP contribution in [0.5, 0.6) is 0 Å². The summed E-state index contributed by atoms with van der Waals surface area (Å²) in [5.41, 5.74) is 6.70. The van der Waals surface area contributed by atoms with Gasteiger partial charge in [0, 0.05) is 6.04 Å². The van der Waals surface area contributed by atoms with Crippen LogP contribution in [0.4, 0.5) is 10.2 Å². The van der Waals surface area contributed by atoms with Gasteiger partial charge in [-0.15, -0.1) is 0 Å². The molecule has 0 amide bonds. The first kappa shape index (κ1) is 10.6. The Kier molecular flexibility index (Phi) is 2.33. The molecule has 0 spiro atoms. The molecule has 5 heteroatoms.